The normalized spacial score (nSPS) is 13.2. The van der Waals surface area contributed by atoms with Crippen LogP contribution in [0.2, 0.25) is 0 Å². The van der Waals surface area contributed by atoms with Gasteiger partial charge in [-0.05, 0) is 49.6 Å². The molecule has 0 radical (unpaired) electrons. The van der Waals surface area contributed by atoms with Crippen molar-refractivity contribution in [1.29, 1.82) is 0 Å². The monoisotopic (exact) mass is 422 g/mol. The van der Waals surface area contributed by atoms with E-state index in [0.29, 0.717) is 24.2 Å². The van der Waals surface area contributed by atoms with Crippen LogP contribution in [0.15, 0.2) is 84.7 Å². The lowest BCUT2D eigenvalue weighted by Gasteiger charge is -2.24. The Morgan fingerprint density at radius 2 is 1.61 bits per heavy atom. The fraction of sp³-hybridized carbons (Fsp3) is 0.308. The molecule has 2 aromatic carbocycles. The summed E-state index contributed by atoms with van der Waals surface area (Å²) in [6.45, 7) is 9.29. The first-order chi connectivity index (χ1) is 14.9. The summed E-state index contributed by atoms with van der Waals surface area (Å²) in [5.41, 5.74) is 2.25. The van der Waals surface area contributed by atoms with Gasteiger partial charge in [0.2, 0.25) is 0 Å². The zero-order chi connectivity index (χ0) is 22.6. The average Bonchev–Trinajstić information content (AvgIpc) is 2.78. The minimum Gasteiger partial charge on any atom is -0.461 e. The van der Waals surface area contributed by atoms with Gasteiger partial charge in [0, 0.05) is 13.3 Å². The number of ether oxygens (including phenoxy) is 3. The molecular formula is C26H30O5. The molecule has 2 atom stereocenters. The van der Waals surface area contributed by atoms with Crippen molar-refractivity contribution in [2.45, 2.75) is 45.8 Å². The maximum Gasteiger partial charge on any atom is 0.343 e. The molecule has 0 bridgehead atoms. The van der Waals surface area contributed by atoms with Crippen molar-refractivity contribution in [3.63, 3.8) is 0 Å². The van der Waals surface area contributed by atoms with Crippen molar-refractivity contribution < 1.29 is 23.8 Å². The number of carbonyl (C=O) groups is 2. The second-order valence-corrected chi connectivity index (χ2v) is 7.26. The first-order valence-electron chi connectivity index (χ1n) is 10.3. The zero-order valence-electron chi connectivity index (χ0n) is 18.4. The molecule has 0 aliphatic rings. The molecule has 164 valence electrons. The minimum absolute atomic E-state index is 0.129. The van der Waals surface area contributed by atoms with Gasteiger partial charge in [0.1, 0.15) is 12.4 Å². The van der Waals surface area contributed by atoms with E-state index in [1.54, 1.807) is 30.3 Å². The Kier molecular flexibility index (Phi) is 9.72. The number of benzene rings is 2. The average molecular weight is 423 g/mol. The van der Waals surface area contributed by atoms with Crippen LogP contribution in [-0.2, 0) is 19.0 Å². The van der Waals surface area contributed by atoms with Crippen molar-refractivity contribution in [3.05, 3.63) is 95.8 Å². The first-order valence-corrected chi connectivity index (χ1v) is 10.3. The van der Waals surface area contributed by atoms with E-state index in [-0.39, 0.29) is 24.8 Å². The van der Waals surface area contributed by atoms with Gasteiger partial charge < -0.3 is 14.2 Å². The van der Waals surface area contributed by atoms with E-state index < -0.39 is 5.97 Å². The summed E-state index contributed by atoms with van der Waals surface area (Å²) in [5, 5.41) is 0. The van der Waals surface area contributed by atoms with Crippen molar-refractivity contribution in [1.82, 2.24) is 0 Å². The predicted molar refractivity (Wildman–Crippen MR) is 120 cm³/mol. The topological polar surface area (TPSA) is 61.8 Å². The van der Waals surface area contributed by atoms with E-state index in [2.05, 4.69) is 6.58 Å². The Labute approximate surface area is 184 Å². The van der Waals surface area contributed by atoms with Gasteiger partial charge in [-0.25, -0.2) is 4.79 Å². The summed E-state index contributed by atoms with van der Waals surface area (Å²) in [6, 6.07) is 18.7. The van der Waals surface area contributed by atoms with Gasteiger partial charge in [-0.3, -0.25) is 4.79 Å². The van der Waals surface area contributed by atoms with Crippen LogP contribution in [0, 0.1) is 0 Å². The van der Waals surface area contributed by atoms with E-state index in [9.17, 15) is 9.59 Å². The fourth-order valence-electron chi connectivity index (χ4n) is 3.04. The lowest BCUT2D eigenvalue weighted by Crippen LogP contribution is -2.20. The molecule has 0 fully saturated rings. The minimum atomic E-state index is -0.415. The Balaban J connectivity index is 2.08. The van der Waals surface area contributed by atoms with Gasteiger partial charge in [-0.1, -0.05) is 55.1 Å². The molecular weight excluding hydrogens is 392 g/mol. The SMILES string of the molecule is C=C(COC(C)=O)C[C@@H](C/C(=C/C)OC(=O)c1ccccc1)O[C@@H](C)c1ccccc1. The van der Waals surface area contributed by atoms with Crippen LogP contribution in [-0.4, -0.2) is 24.6 Å². The molecule has 0 aromatic heterocycles. The molecule has 0 aliphatic carbocycles. The maximum atomic E-state index is 12.5. The van der Waals surface area contributed by atoms with E-state index in [4.69, 9.17) is 14.2 Å². The molecule has 0 saturated carbocycles. The lowest BCUT2D eigenvalue weighted by molar-refractivity contribution is -0.140. The molecule has 0 aliphatic heterocycles. The summed E-state index contributed by atoms with van der Waals surface area (Å²) in [4.78, 5) is 23.6. The third-order valence-electron chi connectivity index (χ3n) is 4.65. The zero-order valence-corrected chi connectivity index (χ0v) is 18.4. The highest BCUT2D eigenvalue weighted by molar-refractivity contribution is 5.89. The van der Waals surface area contributed by atoms with Crippen LogP contribution in [0.25, 0.3) is 0 Å². The Hall–Kier alpha value is -3.18. The molecule has 31 heavy (non-hydrogen) atoms. The molecule has 0 amide bonds. The molecule has 5 nitrogen and oxygen atoms in total. The summed E-state index contributed by atoms with van der Waals surface area (Å²) in [5.74, 6) is -0.260. The van der Waals surface area contributed by atoms with E-state index >= 15 is 0 Å². The molecule has 2 aromatic rings. The summed E-state index contributed by atoms with van der Waals surface area (Å²) in [7, 11) is 0. The van der Waals surface area contributed by atoms with Gasteiger partial charge in [-0.2, -0.15) is 0 Å². The number of rotatable bonds is 11. The number of hydrogen-bond donors (Lipinski definition) is 0. The molecule has 2 rings (SSSR count). The van der Waals surface area contributed by atoms with Crippen molar-refractivity contribution in [2.24, 2.45) is 0 Å². The first kappa shape index (κ1) is 24.1. The molecule has 5 heteroatoms. The Morgan fingerprint density at radius 3 is 2.19 bits per heavy atom. The largest absolute Gasteiger partial charge is 0.461 e. The lowest BCUT2D eigenvalue weighted by atomic mass is 10.0. The van der Waals surface area contributed by atoms with Crippen LogP contribution < -0.4 is 0 Å². The third kappa shape index (κ3) is 8.60. The van der Waals surface area contributed by atoms with Gasteiger partial charge in [0.05, 0.1) is 17.8 Å². The molecule has 0 heterocycles. The molecule has 0 N–H and O–H groups in total. The fourth-order valence-corrected chi connectivity index (χ4v) is 3.04. The number of esters is 2. The van der Waals surface area contributed by atoms with Crippen molar-refractivity contribution >= 4 is 11.9 Å². The molecule has 0 saturated heterocycles. The predicted octanol–water partition coefficient (Wildman–Crippen LogP) is 5.79. The van der Waals surface area contributed by atoms with Gasteiger partial charge in [0.25, 0.3) is 0 Å². The number of hydrogen-bond acceptors (Lipinski definition) is 5. The second kappa shape index (κ2) is 12.5. The van der Waals surface area contributed by atoms with Crippen LogP contribution >= 0.6 is 0 Å². The highest BCUT2D eigenvalue weighted by atomic mass is 16.5. The quantitative estimate of drug-likeness (QED) is 0.260. The highest BCUT2D eigenvalue weighted by Gasteiger charge is 2.20. The van der Waals surface area contributed by atoms with Crippen molar-refractivity contribution in [3.8, 4) is 0 Å². The summed E-state index contributed by atoms with van der Waals surface area (Å²) >= 11 is 0. The Morgan fingerprint density at radius 1 is 1.00 bits per heavy atom. The maximum absolute atomic E-state index is 12.5. The Bertz CT molecular complexity index is 887. The summed E-state index contributed by atoms with van der Waals surface area (Å²) in [6.07, 6.45) is 2.12. The van der Waals surface area contributed by atoms with Gasteiger partial charge in [-0.15, -0.1) is 0 Å². The van der Waals surface area contributed by atoms with Crippen LogP contribution in [0.1, 0.15) is 55.6 Å². The van der Waals surface area contributed by atoms with Crippen LogP contribution in [0.4, 0.5) is 0 Å². The highest BCUT2D eigenvalue weighted by Crippen LogP contribution is 2.25. The molecule has 0 unspecified atom stereocenters. The van der Waals surface area contributed by atoms with E-state index in [1.807, 2.05) is 50.2 Å². The second-order valence-electron chi connectivity index (χ2n) is 7.26. The smallest absolute Gasteiger partial charge is 0.343 e. The number of allylic oxidation sites excluding steroid dienone is 1. The van der Waals surface area contributed by atoms with Gasteiger partial charge >= 0.3 is 11.9 Å². The summed E-state index contributed by atoms with van der Waals surface area (Å²) < 4.78 is 17.0. The third-order valence-corrected chi connectivity index (χ3v) is 4.65. The van der Waals surface area contributed by atoms with E-state index in [0.717, 1.165) is 11.1 Å². The van der Waals surface area contributed by atoms with Crippen LogP contribution in [0.5, 0.6) is 0 Å². The standard InChI is InChI=1S/C26H30O5/c1-5-24(31-26(28)23-14-10-7-11-15-23)17-25(16-19(2)18-29-21(4)27)30-20(3)22-12-8-6-9-13-22/h5-15,20,25H,2,16-18H2,1,3-4H3/b24-5-/t20-,25-/m0/s1. The van der Waals surface area contributed by atoms with Gasteiger partial charge in [0.15, 0.2) is 0 Å². The molecule has 0 spiro atoms. The number of carbonyl (C=O) groups excluding carboxylic acids is 2. The van der Waals surface area contributed by atoms with Crippen molar-refractivity contribution in [2.75, 3.05) is 6.61 Å². The van der Waals surface area contributed by atoms with Crippen LogP contribution in [0.3, 0.4) is 0 Å². The van der Waals surface area contributed by atoms with E-state index in [1.165, 1.54) is 6.92 Å².